The predicted octanol–water partition coefficient (Wildman–Crippen LogP) is 3.06. The van der Waals surface area contributed by atoms with Crippen molar-refractivity contribution in [1.29, 1.82) is 0 Å². The summed E-state index contributed by atoms with van der Waals surface area (Å²) < 4.78 is 23.2. The average molecular weight is 421 g/mol. The fourth-order valence-corrected chi connectivity index (χ4v) is 4.93. The van der Waals surface area contributed by atoms with Crippen LogP contribution >= 0.6 is 0 Å². The van der Waals surface area contributed by atoms with E-state index in [-0.39, 0.29) is 11.1 Å². The van der Waals surface area contributed by atoms with Gasteiger partial charge in [-0.2, -0.15) is 0 Å². The molecule has 0 spiro atoms. The molecule has 0 bridgehead atoms. The van der Waals surface area contributed by atoms with Crippen LogP contribution in [0.3, 0.4) is 0 Å². The van der Waals surface area contributed by atoms with Gasteiger partial charge in [0.15, 0.2) is 0 Å². The Morgan fingerprint density at radius 3 is 2.17 bits per heavy atom. The Bertz CT molecular complexity index is 837. The van der Waals surface area contributed by atoms with Crippen molar-refractivity contribution in [3.05, 3.63) is 52.0 Å². The summed E-state index contributed by atoms with van der Waals surface area (Å²) in [5.74, 6) is -2.71. The molecule has 0 heterocycles. The monoisotopic (exact) mass is 420 g/mol. The van der Waals surface area contributed by atoms with Gasteiger partial charge in [0.2, 0.25) is 0 Å². The van der Waals surface area contributed by atoms with Crippen molar-refractivity contribution < 1.29 is 28.4 Å². The minimum absolute atomic E-state index is 0.0765. The molecule has 2 rings (SSSR count). The Morgan fingerprint density at radius 1 is 1.07 bits per heavy atom. The summed E-state index contributed by atoms with van der Waals surface area (Å²) in [6.45, 7) is 3.54. The summed E-state index contributed by atoms with van der Waals surface area (Å²) in [4.78, 5) is 26.3. The number of esters is 2. The maximum absolute atomic E-state index is 13.4. The molecule has 0 fully saturated rings. The number of ether oxygens (including phenoxy) is 2. The first kappa shape index (κ1) is 23.0. The number of unbranched alkanes of at least 4 members (excludes halogenated alkanes) is 1. The van der Waals surface area contributed by atoms with E-state index in [0.717, 1.165) is 18.4 Å². The number of aliphatic hydroxyl groups is 1. The van der Waals surface area contributed by atoms with Crippen LogP contribution in [0, 0.1) is 18.8 Å². The lowest BCUT2D eigenvalue weighted by atomic mass is 9.79. The normalized spacial score (nSPS) is 20.1. The highest BCUT2D eigenvalue weighted by Crippen LogP contribution is 2.41. The summed E-state index contributed by atoms with van der Waals surface area (Å²) in [7, 11) is 0.918. The lowest BCUT2D eigenvalue weighted by molar-refractivity contribution is -0.140. The molecule has 158 valence electrons. The zero-order valence-electron chi connectivity index (χ0n) is 17.3. The van der Waals surface area contributed by atoms with Crippen LogP contribution in [0.25, 0.3) is 0 Å². The second-order valence-corrected chi connectivity index (χ2v) is 8.43. The molecule has 1 N–H and O–H groups in total. The van der Waals surface area contributed by atoms with Gasteiger partial charge in [0.05, 0.1) is 42.8 Å². The Balaban J connectivity index is 2.64. The molecule has 0 saturated carbocycles. The van der Waals surface area contributed by atoms with Gasteiger partial charge in [-0.15, -0.1) is 0 Å². The zero-order valence-corrected chi connectivity index (χ0v) is 18.1. The molecule has 7 heteroatoms. The molecule has 1 aromatic rings. The Morgan fingerprint density at radius 2 is 1.66 bits per heavy atom. The van der Waals surface area contributed by atoms with Crippen LogP contribution in [0.4, 0.5) is 0 Å². The van der Waals surface area contributed by atoms with Crippen molar-refractivity contribution in [3.63, 3.8) is 0 Å². The number of methoxy groups -OCH3 is 2. The molecule has 3 atom stereocenters. The van der Waals surface area contributed by atoms with Gasteiger partial charge in [-0.3, -0.25) is 0 Å². The molecule has 1 unspecified atom stereocenters. The number of benzene rings is 1. The highest BCUT2D eigenvalue weighted by atomic mass is 32.2. The van der Waals surface area contributed by atoms with E-state index in [0.29, 0.717) is 16.2 Å². The molecule has 0 amide bonds. The highest BCUT2D eigenvalue weighted by Gasteiger charge is 2.40. The molecule has 1 aliphatic carbocycles. The first-order valence-electron chi connectivity index (χ1n) is 9.61. The van der Waals surface area contributed by atoms with Gasteiger partial charge in [-0.1, -0.05) is 43.5 Å². The van der Waals surface area contributed by atoms with Gasteiger partial charge in [0, 0.05) is 21.6 Å². The summed E-state index contributed by atoms with van der Waals surface area (Å²) in [6, 6.07) is 7.32. The summed E-state index contributed by atoms with van der Waals surface area (Å²) >= 11 is 0. The van der Waals surface area contributed by atoms with E-state index in [9.17, 15) is 18.9 Å². The minimum atomic E-state index is -1.55. The lowest BCUT2D eigenvalue weighted by Crippen LogP contribution is -2.32. The SMILES string of the molecule is CCCC[C@@H]1C(S(=O)c2ccc(C)cc2)=C[C@H](CO)C(C(=O)OC)=C1C(=O)OC. The maximum Gasteiger partial charge on any atom is 0.334 e. The zero-order chi connectivity index (χ0) is 21.6. The molecule has 1 aromatic carbocycles. The molecule has 0 saturated heterocycles. The topological polar surface area (TPSA) is 89.9 Å². The van der Waals surface area contributed by atoms with Crippen molar-refractivity contribution in [2.45, 2.75) is 38.0 Å². The second-order valence-electron chi connectivity index (χ2n) is 6.95. The molecule has 6 nitrogen and oxygen atoms in total. The number of aliphatic hydroxyl groups excluding tert-OH is 1. The lowest BCUT2D eigenvalue weighted by Gasteiger charge is -2.31. The number of allylic oxidation sites excluding steroid dienone is 1. The number of carbonyl (C=O) groups excluding carboxylic acids is 2. The number of hydrogen-bond donors (Lipinski definition) is 1. The highest BCUT2D eigenvalue weighted by molar-refractivity contribution is 7.89. The Kier molecular flexibility index (Phi) is 8.34. The van der Waals surface area contributed by atoms with Crippen LogP contribution in [0.1, 0.15) is 31.7 Å². The van der Waals surface area contributed by atoms with Gasteiger partial charge < -0.3 is 14.6 Å². The average Bonchev–Trinajstić information content (AvgIpc) is 2.75. The first-order valence-corrected chi connectivity index (χ1v) is 10.8. The number of aryl methyl sites for hydroxylation is 1. The largest absolute Gasteiger partial charge is 0.466 e. The van der Waals surface area contributed by atoms with Gasteiger partial charge >= 0.3 is 11.9 Å². The Labute approximate surface area is 174 Å². The van der Waals surface area contributed by atoms with Crippen molar-refractivity contribution in [2.24, 2.45) is 11.8 Å². The molecule has 0 radical (unpaired) electrons. The molecule has 0 aliphatic heterocycles. The van der Waals surface area contributed by atoms with Gasteiger partial charge in [0.25, 0.3) is 0 Å². The van der Waals surface area contributed by atoms with Crippen LogP contribution in [0.2, 0.25) is 0 Å². The molecule has 0 aromatic heterocycles. The van der Waals surface area contributed by atoms with Crippen molar-refractivity contribution in [3.8, 4) is 0 Å². The fourth-order valence-electron chi connectivity index (χ4n) is 3.49. The third-order valence-corrected chi connectivity index (χ3v) is 6.57. The van der Waals surface area contributed by atoms with Crippen LogP contribution in [-0.4, -0.2) is 42.1 Å². The molecular formula is C22H28O6S. The Hall–Kier alpha value is -2.25. The van der Waals surface area contributed by atoms with E-state index in [1.807, 2.05) is 26.0 Å². The van der Waals surface area contributed by atoms with Crippen LogP contribution in [0.15, 0.2) is 51.3 Å². The summed E-state index contributed by atoms with van der Waals surface area (Å²) in [5, 5.41) is 9.91. The molecule has 29 heavy (non-hydrogen) atoms. The van der Waals surface area contributed by atoms with Gasteiger partial charge in [0.1, 0.15) is 0 Å². The first-order chi connectivity index (χ1) is 13.9. The standard InChI is InChI=1S/C22H28O6S/c1-5-6-7-17-18(29(26)16-10-8-14(2)9-11-16)12-15(13-23)19(21(24)27-3)20(17)22(25)28-4/h8-12,15,17,23H,5-7,13H2,1-4H3/t15-,17-,29?/m1/s1. The molecular weight excluding hydrogens is 392 g/mol. The van der Waals surface area contributed by atoms with Crippen molar-refractivity contribution in [1.82, 2.24) is 0 Å². The van der Waals surface area contributed by atoms with E-state index in [4.69, 9.17) is 9.47 Å². The number of hydrogen-bond acceptors (Lipinski definition) is 6. The van der Waals surface area contributed by atoms with E-state index in [1.165, 1.54) is 14.2 Å². The van der Waals surface area contributed by atoms with Crippen LogP contribution in [-0.2, 0) is 29.9 Å². The quantitative estimate of drug-likeness (QED) is 0.650. The van der Waals surface area contributed by atoms with Gasteiger partial charge in [-0.25, -0.2) is 13.8 Å². The van der Waals surface area contributed by atoms with Gasteiger partial charge in [-0.05, 0) is 25.5 Å². The fraction of sp³-hybridized carbons (Fsp3) is 0.455. The van der Waals surface area contributed by atoms with E-state index >= 15 is 0 Å². The third-order valence-electron chi connectivity index (χ3n) is 5.02. The van der Waals surface area contributed by atoms with Crippen molar-refractivity contribution in [2.75, 3.05) is 20.8 Å². The maximum atomic E-state index is 13.4. The number of carbonyl (C=O) groups is 2. The summed E-state index contributed by atoms with van der Waals surface area (Å²) in [6.07, 6.45) is 3.82. The summed E-state index contributed by atoms with van der Waals surface area (Å²) in [5.41, 5.74) is 1.25. The van der Waals surface area contributed by atoms with Crippen LogP contribution < -0.4 is 0 Å². The van der Waals surface area contributed by atoms with E-state index in [1.54, 1.807) is 18.2 Å². The second kappa shape index (κ2) is 10.5. The van der Waals surface area contributed by atoms with E-state index < -0.39 is 41.2 Å². The van der Waals surface area contributed by atoms with Crippen LogP contribution in [0.5, 0.6) is 0 Å². The number of rotatable bonds is 8. The predicted molar refractivity (Wildman–Crippen MR) is 110 cm³/mol. The molecule has 1 aliphatic rings. The van der Waals surface area contributed by atoms with Crippen molar-refractivity contribution >= 4 is 22.7 Å². The van der Waals surface area contributed by atoms with E-state index in [2.05, 4.69) is 0 Å². The smallest absolute Gasteiger partial charge is 0.334 e. The third kappa shape index (κ3) is 5.03. The minimum Gasteiger partial charge on any atom is -0.466 e.